The summed E-state index contributed by atoms with van der Waals surface area (Å²) in [6.07, 6.45) is 5.55. The van der Waals surface area contributed by atoms with Gasteiger partial charge in [-0.05, 0) is 43.9 Å². The molecular weight excluding hydrogens is 402 g/mol. The van der Waals surface area contributed by atoms with E-state index in [9.17, 15) is 13.2 Å². The first-order chi connectivity index (χ1) is 12.9. The number of hydrogen-bond donors (Lipinski definition) is 1. The molecule has 0 saturated carbocycles. The van der Waals surface area contributed by atoms with Crippen LogP contribution in [0.1, 0.15) is 48.9 Å². The van der Waals surface area contributed by atoms with E-state index in [1.807, 2.05) is 0 Å². The van der Waals surface area contributed by atoms with Gasteiger partial charge >= 0.3 is 0 Å². The molecule has 0 aliphatic carbocycles. The smallest absolute Gasteiger partial charge is 0.253 e. The van der Waals surface area contributed by atoms with E-state index in [0.717, 1.165) is 38.5 Å². The first kappa shape index (κ1) is 22.9. The van der Waals surface area contributed by atoms with E-state index in [0.29, 0.717) is 31.7 Å². The van der Waals surface area contributed by atoms with Crippen LogP contribution in [0.2, 0.25) is 0 Å². The second-order valence-electron chi connectivity index (χ2n) is 7.34. The molecule has 1 aromatic carbocycles. The van der Waals surface area contributed by atoms with Crippen molar-refractivity contribution in [1.29, 1.82) is 0 Å². The highest BCUT2D eigenvalue weighted by Gasteiger charge is 2.30. The topological polar surface area (TPSA) is 92.9 Å². The lowest BCUT2D eigenvalue weighted by Crippen LogP contribution is -2.45. The number of nitrogens with zero attached hydrogens (tertiary/aromatic N) is 2. The molecule has 28 heavy (non-hydrogen) atoms. The zero-order valence-corrected chi connectivity index (χ0v) is 17.9. The van der Waals surface area contributed by atoms with Gasteiger partial charge in [-0.3, -0.25) is 4.79 Å². The Kier molecular flexibility index (Phi) is 8.12. The molecule has 0 bridgehead atoms. The molecule has 2 saturated heterocycles. The summed E-state index contributed by atoms with van der Waals surface area (Å²) >= 11 is 0. The number of rotatable bonds is 4. The predicted octanol–water partition coefficient (Wildman–Crippen LogP) is 2.24. The van der Waals surface area contributed by atoms with Crippen molar-refractivity contribution in [1.82, 2.24) is 9.21 Å². The summed E-state index contributed by atoms with van der Waals surface area (Å²) in [6.45, 7) is 2.15. The van der Waals surface area contributed by atoms with Crippen LogP contribution in [0.25, 0.3) is 0 Å². The van der Waals surface area contributed by atoms with E-state index >= 15 is 0 Å². The third-order valence-electron chi connectivity index (χ3n) is 5.34. The van der Waals surface area contributed by atoms with Gasteiger partial charge in [0, 0.05) is 37.8 Å². The first-order valence-electron chi connectivity index (χ1n) is 9.66. The molecule has 1 aromatic rings. The van der Waals surface area contributed by atoms with Gasteiger partial charge in [0.2, 0.25) is 10.0 Å². The zero-order chi connectivity index (χ0) is 19.4. The van der Waals surface area contributed by atoms with Crippen molar-refractivity contribution in [3.05, 3.63) is 23.8 Å². The molecular formula is C19H30ClN3O4S. The second-order valence-corrected chi connectivity index (χ2v) is 9.24. The van der Waals surface area contributed by atoms with Gasteiger partial charge in [-0.25, -0.2) is 8.42 Å². The fourth-order valence-electron chi connectivity index (χ4n) is 3.81. The molecule has 0 spiro atoms. The van der Waals surface area contributed by atoms with Crippen LogP contribution >= 0.6 is 12.4 Å². The molecule has 2 N–H and O–H groups in total. The fourth-order valence-corrected chi connectivity index (χ4v) is 5.51. The number of amides is 1. The number of benzene rings is 1. The summed E-state index contributed by atoms with van der Waals surface area (Å²) in [4.78, 5) is 14.7. The molecule has 0 radical (unpaired) electrons. The number of ether oxygens (including phenoxy) is 1. The lowest BCUT2D eigenvalue weighted by atomic mass is 10.1. The fraction of sp³-hybridized carbons (Fsp3) is 0.632. The maximum absolute atomic E-state index is 13.2. The quantitative estimate of drug-likeness (QED) is 0.789. The van der Waals surface area contributed by atoms with Gasteiger partial charge in [0.25, 0.3) is 5.91 Å². The number of likely N-dealkylation sites (tertiary alicyclic amines) is 1. The number of piperidine rings is 1. The normalized spacial score (nSPS) is 21.5. The standard InChI is InChI=1S/C19H29N3O4S.ClH/c1-26-17-9-8-15(19(23)21-10-6-7-16(20)14-21)13-18(17)27(24,25)22-11-4-2-3-5-12-22;/h8-9,13,16H,2-7,10-12,14,20H2,1H3;1H. The Morgan fingerprint density at radius 2 is 1.79 bits per heavy atom. The van der Waals surface area contributed by atoms with Crippen molar-refractivity contribution in [3.8, 4) is 5.75 Å². The van der Waals surface area contributed by atoms with Gasteiger partial charge in [-0.15, -0.1) is 12.4 Å². The molecule has 9 heteroatoms. The molecule has 1 atom stereocenters. The van der Waals surface area contributed by atoms with Crippen molar-refractivity contribution in [2.24, 2.45) is 5.73 Å². The summed E-state index contributed by atoms with van der Waals surface area (Å²) in [7, 11) is -2.27. The van der Waals surface area contributed by atoms with Gasteiger partial charge in [0.1, 0.15) is 10.6 Å². The Morgan fingerprint density at radius 1 is 1.11 bits per heavy atom. The minimum absolute atomic E-state index is 0. The minimum atomic E-state index is -3.71. The van der Waals surface area contributed by atoms with E-state index in [2.05, 4.69) is 0 Å². The summed E-state index contributed by atoms with van der Waals surface area (Å²) in [6, 6.07) is 4.63. The summed E-state index contributed by atoms with van der Waals surface area (Å²) in [5.74, 6) is 0.0891. The first-order valence-corrected chi connectivity index (χ1v) is 11.1. The van der Waals surface area contributed by atoms with Crippen molar-refractivity contribution >= 4 is 28.3 Å². The molecule has 2 aliphatic rings. The van der Waals surface area contributed by atoms with Gasteiger partial charge in [0.05, 0.1) is 7.11 Å². The van der Waals surface area contributed by atoms with Crippen molar-refractivity contribution < 1.29 is 17.9 Å². The Bertz CT molecular complexity index is 779. The Morgan fingerprint density at radius 3 is 2.39 bits per heavy atom. The van der Waals surface area contributed by atoms with Crippen LogP contribution in [0, 0.1) is 0 Å². The molecule has 0 aromatic heterocycles. The largest absolute Gasteiger partial charge is 0.495 e. The molecule has 158 valence electrons. The number of halogens is 1. The maximum atomic E-state index is 13.2. The van der Waals surface area contributed by atoms with Crippen LogP contribution in [-0.4, -0.2) is 62.9 Å². The summed E-state index contributed by atoms with van der Waals surface area (Å²) in [5.41, 5.74) is 6.34. The molecule has 2 fully saturated rings. The van der Waals surface area contributed by atoms with E-state index in [4.69, 9.17) is 10.5 Å². The molecule has 1 amide bonds. The van der Waals surface area contributed by atoms with Crippen LogP contribution in [-0.2, 0) is 10.0 Å². The predicted molar refractivity (Wildman–Crippen MR) is 111 cm³/mol. The minimum Gasteiger partial charge on any atom is -0.495 e. The van der Waals surface area contributed by atoms with E-state index in [1.54, 1.807) is 17.0 Å². The van der Waals surface area contributed by atoms with Gasteiger partial charge in [0.15, 0.2) is 0 Å². The van der Waals surface area contributed by atoms with Crippen LogP contribution in [0.4, 0.5) is 0 Å². The second kappa shape index (κ2) is 9.91. The van der Waals surface area contributed by atoms with Crippen LogP contribution in [0.15, 0.2) is 23.1 Å². The Balaban J connectivity index is 0.00000280. The van der Waals surface area contributed by atoms with Crippen molar-refractivity contribution in [3.63, 3.8) is 0 Å². The molecule has 7 nitrogen and oxygen atoms in total. The highest BCUT2D eigenvalue weighted by molar-refractivity contribution is 7.89. The molecule has 2 aliphatic heterocycles. The molecule has 1 unspecified atom stereocenters. The SMILES string of the molecule is COc1ccc(C(=O)N2CCCC(N)C2)cc1S(=O)(=O)N1CCCCCC1.Cl. The number of hydrogen-bond acceptors (Lipinski definition) is 5. The van der Waals surface area contributed by atoms with Crippen LogP contribution in [0.3, 0.4) is 0 Å². The third kappa shape index (κ3) is 4.97. The lowest BCUT2D eigenvalue weighted by Gasteiger charge is -2.31. The van der Waals surface area contributed by atoms with Gasteiger partial charge < -0.3 is 15.4 Å². The summed E-state index contributed by atoms with van der Waals surface area (Å²) in [5, 5.41) is 0. The van der Waals surface area contributed by atoms with E-state index in [1.165, 1.54) is 17.5 Å². The highest BCUT2D eigenvalue weighted by atomic mass is 35.5. The number of carbonyl (C=O) groups excluding carboxylic acids is 1. The maximum Gasteiger partial charge on any atom is 0.253 e. The lowest BCUT2D eigenvalue weighted by molar-refractivity contribution is 0.0708. The monoisotopic (exact) mass is 431 g/mol. The molecule has 2 heterocycles. The van der Waals surface area contributed by atoms with Gasteiger partial charge in [-0.2, -0.15) is 4.31 Å². The third-order valence-corrected chi connectivity index (χ3v) is 7.26. The zero-order valence-electron chi connectivity index (χ0n) is 16.3. The van der Waals surface area contributed by atoms with E-state index in [-0.39, 0.29) is 35.0 Å². The van der Waals surface area contributed by atoms with Crippen LogP contribution in [0.5, 0.6) is 5.75 Å². The Hall–Kier alpha value is -1.35. The Labute approximate surface area is 173 Å². The number of carbonyl (C=O) groups is 1. The average molecular weight is 432 g/mol. The van der Waals surface area contributed by atoms with E-state index < -0.39 is 10.0 Å². The number of methoxy groups -OCH3 is 1. The van der Waals surface area contributed by atoms with Gasteiger partial charge in [-0.1, -0.05) is 12.8 Å². The van der Waals surface area contributed by atoms with Crippen molar-refractivity contribution in [2.45, 2.75) is 49.5 Å². The number of sulfonamides is 1. The summed E-state index contributed by atoms with van der Waals surface area (Å²) < 4.78 is 33.3. The molecule has 3 rings (SSSR count). The van der Waals surface area contributed by atoms with Crippen molar-refractivity contribution in [2.75, 3.05) is 33.3 Å². The number of nitrogens with two attached hydrogens (primary N) is 1. The van der Waals surface area contributed by atoms with Crippen LogP contribution < -0.4 is 10.5 Å². The highest BCUT2D eigenvalue weighted by Crippen LogP contribution is 2.30. The average Bonchev–Trinajstić information content (AvgIpc) is 2.97.